The lowest BCUT2D eigenvalue weighted by Gasteiger charge is -2.26. The van der Waals surface area contributed by atoms with Gasteiger partial charge < -0.3 is 18.9 Å². The van der Waals surface area contributed by atoms with Crippen molar-refractivity contribution in [1.29, 1.82) is 0 Å². The van der Waals surface area contributed by atoms with E-state index in [1.54, 1.807) is 55.6 Å². The Morgan fingerprint density at radius 2 is 1.10 bits per heavy atom. The first-order chi connectivity index (χ1) is 18.6. The second kappa shape index (κ2) is 11.8. The summed E-state index contributed by atoms with van der Waals surface area (Å²) in [6, 6.07) is 25.1. The zero-order valence-corrected chi connectivity index (χ0v) is 23.3. The maximum Gasteiger partial charge on any atom is 0.519 e. The highest BCUT2D eigenvalue weighted by molar-refractivity contribution is 6.33. The number of esters is 1. The largest absolute Gasteiger partial charge is 0.519 e. The van der Waals surface area contributed by atoms with Crippen LogP contribution in [-0.2, 0) is 10.2 Å². The molecule has 0 atom stereocenters. The van der Waals surface area contributed by atoms with Gasteiger partial charge in [-0.2, -0.15) is 0 Å². The van der Waals surface area contributed by atoms with Crippen molar-refractivity contribution in [2.75, 3.05) is 7.11 Å². The average molecular weight is 565 g/mol. The number of carbonyl (C=O) groups is 2. The Kier molecular flexibility index (Phi) is 8.48. The Bertz CT molecular complexity index is 1500. The molecule has 0 saturated heterocycles. The maximum absolute atomic E-state index is 12.4. The van der Waals surface area contributed by atoms with E-state index in [4.69, 9.17) is 42.1 Å². The van der Waals surface area contributed by atoms with Crippen molar-refractivity contribution in [1.82, 2.24) is 0 Å². The van der Waals surface area contributed by atoms with Crippen molar-refractivity contribution < 1.29 is 28.5 Å². The molecule has 0 aliphatic heterocycles. The monoisotopic (exact) mass is 564 g/mol. The first-order valence-electron chi connectivity index (χ1n) is 12.0. The van der Waals surface area contributed by atoms with Gasteiger partial charge in [0.15, 0.2) is 5.75 Å². The standard InChI is InChI=1S/C31H26Cl2O6/c1-19(34)37-28-15-5-20(17-26(28)32)21-6-16-29(27(33)18-21)39-30(35)38-25-13-9-23(10-14-25)31(2,3)22-7-11-24(36-4)12-8-22/h5-18H,1-4H3. The third kappa shape index (κ3) is 6.72. The van der Waals surface area contributed by atoms with Crippen LogP contribution >= 0.6 is 23.2 Å². The van der Waals surface area contributed by atoms with Gasteiger partial charge in [0.25, 0.3) is 0 Å². The molecule has 0 aromatic heterocycles. The quantitative estimate of drug-likeness (QED) is 0.127. The van der Waals surface area contributed by atoms with Crippen LogP contribution in [0.2, 0.25) is 10.0 Å². The number of ether oxygens (including phenoxy) is 4. The average Bonchev–Trinajstić information content (AvgIpc) is 2.91. The molecule has 4 aromatic carbocycles. The van der Waals surface area contributed by atoms with Gasteiger partial charge in [0.05, 0.1) is 17.2 Å². The van der Waals surface area contributed by atoms with Gasteiger partial charge in [-0.15, -0.1) is 0 Å². The van der Waals surface area contributed by atoms with Gasteiger partial charge in [-0.1, -0.05) is 73.4 Å². The van der Waals surface area contributed by atoms with Crippen molar-refractivity contribution in [2.45, 2.75) is 26.2 Å². The number of hydrogen-bond donors (Lipinski definition) is 0. The van der Waals surface area contributed by atoms with Crippen molar-refractivity contribution in [3.8, 4) is 34.1 Å². The summed E-state index contributed by atoms with van der Waals surface area (Å²) in [7, 11) is 1.64. The summed E-state index contributed by atoms with van der Waals surface area (Å²) in [5.41, 5.74) is 3.37. The van der Waals surface area contributed by atoms with Crippen LogP contribution in [0.25, 0.3) is 11.1 Å². The molecule has 39 heavy (non-hydrogen) atoms. The Morgan fingerprint density at radius 1 is 0.641 bits per heavy atom. The fraction of sp³-hybridized carbons (Fsp3) is 0.161. The van der Waals surface area contributed by atoms with Crippen LogP contribution in [0.15, 0.2) is 84.9 Å². The third-order valence-electron chi connectivity index (χ3n) is 6.23. The Hall–Kier alpha value is -4.00. The highest BCUT2D eigenvalue weighted by Crippen LogP contribution is 2.35. The van der Waals surface area contributed by atoms with Gasteiger partial charge >= 0.3 is 12.1 Å². The molecule has 0 radical (unpaired) electrons. The Balaban J connectivity index is 1.41. The SMILES string of the molecule is COc1ccc(C(C)(C)c2ccc(OC(=O)Oc3ccc(-c4ccc(OC(C)=O)c(Cl)c4)cc3Cl)cc2)cc1. The number of rotatable bonds is 7. The molecular weight excluding hydrogens is 539 g/mol. The normalized spacial score (nSPS) is 11.0. The minimum atomic E-state index is -0.916. The number of hydrogen-bond acceptors (Lipinski definition) is 6. The van der Waals surface area contributed by atoms with E-state index in [1.165, 1.54) is 6.92 Å². The molecule has 4 aromatic rings. The van der Waals surface area contributed by atoms with E-state index in [-0.39, 0.29) is 27.0 Å². The number of carbonyl (C=O) groups excluding carboxylic acids is 2. The second-order valence-electron chi connectivity index (χ2n) is 9.22. The van der Waals surface area contributed by atoms with Crippen molar-refractivity contribution >= 4 is 35.3 Å². The summed E-state index contributed by atoms with van der Waals surface area (Å²) in [5, 5.41) is 0.488. The molecule has 4 rings (SSSR count). The number of halogens is 2. The summed E-state index contributed by atoms with van der Waals surface area (Å²) >= 11 is 12.6. The van der Waals surface area contributed by atoms with E-state index < -0.39 is 12.1 Å². The van der Waals surface area contributed by atoms with Gasteiger partial charge in [0.2, 0.25) is 0 Å². The van der Waals surface area contributed by atoms with Crippen LogP contribution in [0.1, 0.15) is 31.9 Å². The smallest absolute Gasteiger partial charge is 0.497 e. The van der Waals surface area contributed by atoms with Crippen LogP contribution in [0.5, 0.6) is 23.0 Å². The molecule has 0 unspecified atom stereocenters. The molecule has 6 nitrogen and oxygen atoms in total. The molecule has 0 fully saturated rings. The van der Waals surface area contributed by atoms with Gasteiger partial charge in [-0.3, -0.25) is 4.79 Å². The van der Waals surface area contributed by atoms with Crippen LogP contribution in [0, 0.1) is 0 Å². The van der Waals surface area contributed by atoms with Gasteiger partial charge in [-0.25, -0.2) is 4.79 Å². The predicted octanol–water partition coefficient (Wildman–Crippen LogP) is 8.50. The third-order valence-corrected chi connectivity index (χ3v) is 6.82. The summed E-state index contributed by atoms with van der Waals surface area (Å²) in [6.45, 7) is 5.53. The summed E-state index contributed by atoms with van der Waals surface area (Å²) in [4.78, 5) is 23.6. The topological polar surface area (TPSA) is 71.1 Å². The molecule has 0 aliphatic carbocycles. The molecule has 0 heterocycles. The van der Waals surface area contributed by atoms with Crippen LogP contribution in [0.3, 0.4) is 0 Å². The van der Waals surface area contributed by atoms with E-state index in [9.17, 15) is 9.59 Å². The van der Waals surface area contributed by atoms with Crippen LogP contribution in [-0.4, -0.2) is 19.2 Å². The maximum atomic E-state index is 12.4. The van der Waals surface area contributed by atoms with E-state index in [1.807, 2.05) is 36.4 Å². The molecule has 0 N–H and O–H groups in total. The second-order valence-corrected chi connectivity index (χ2v) is 10.0. The Morgan fingerprint density at radius 3 is 1.54 bits per heavy atom. The molecule has 200 valence electrons. The van der Waals surface area contributed by atoms with Gasteiger partial charge in [0.1, 0.15) is 17.2 Å². The molecule has 0 aliphatic rings. The van der Waals surface area contributed by atoms with Crippen LogP contribution in [0.4, 0.5) is 4.79 Å². The molecule has 0 spiro atoms. The highest BCUT2D eigenvalue weighted by Gasteiger charge is 2.23. The summed E-state index contributed by atoms with van der Waals surface area (Å²) < 4.78 is 21.0. The molecule has 0 amide bonds. The lowest BCUT2D eigenvalue weighted by molar-refractivity contribution is -0.131. The molecule has 8 heteroatoms. The van der Waals surface area contributed by atoms with E-state index in [0.717, 1.165) is 28.0 Å². The van der Waals surface area contributed by atoms with Crippen molar-refractivity contribution in [3.63, 3.8) is 0 Å². The lowest BCUT2D eigenvalue weighted by atomic mass is 9.78. The number of methoxy groups -OCH3 is 1. The first-order valence-corrected chi connectivity index (χ1v) is 12.7. The summed E-state index contributed by atoms with van der Waals surface area (Å²) in [6.07, 6.45) is -0.916. The zero-order valence-electron chi connectivity index (χ0n) is 21.8. The van der Waals surface area contributed by atoms with E-state index >= 15 is 0 Å². The zero-order chi connectivity index (χ0) is 28.2. The minimum Gasteiger partial charge on any atom is -0.497 e. The number of benzene rings is 4. The van der Waals surface area contributed by atoms with Crippen molar-refractivity contribution in [2.24, 2.45) is 0 Å². The van der Waals surface area contributed by atoms with Gasteiger partial charge in [-0.05, 0) is 70.8 Å². The lowest BCUT2D eigenvalue weighted by Crippen LogP contribution is -2.19. The first kappa shape index (κ1) is 28.0. The van der Waals surface area contributed by atoms with Gasteiger partial charge in [0, 0.05) is 12.3 Å². The van der Waals surface area contributed by atoms with Crippen molar-refractivity contribution in [3.05, 3.63) is 106 Å². The fourth-order valence-electron chi connectivity index (χ4n) is 4.00. The molecular formula is C31H26Cl2O6. The fourth-order valence-corrected chi connectivity index (χ4v) is 4.44. The predicted molar refractivity (Wildman–Crippen MR) is 151 cm³/mol. The highest BCUT2D eigenvalue weighted by atomic mass is 35.5. The van der Waals surface area contributed by atoms with E-state index in [2.05, 4.69) is 13.8 Å². The van der Waals surface area contributed by atoms with E-state index in [0.29, 0.717) is 5.75 Å². The molecule has 0 bridgehead atoms. The molecule has 0 saturated carbocycles. The summed E-state index contributed by atoms with van der Waals surface area (Å²) in [5.74, 6) is 1.08. The minimum absolute atomic E-state index is 0.144. The van der Waals surface area contributed by atoms with Crippen LogP contribution < -0.4 is 18.9 Å². The Labute approximate surface area is 237 Å².